The number of carbonyl (C=O) groups is 1. The van der Waals surface area contributed by atoms with E-state index in [0.29, 0.717) is 19.6 Å². The summed E-state index contributed by atoms with van der Waals surface area (Å²) in [6.07, 6.45) is -4.27. The van der Waals surface area contributed by atoms with E-state index in [2.05, 4.69) is 15.4 Å². The summed E-state index contributed by atoms with van der Waals surface area (Å²) in [7, 11) is 0. The average Bonchev–Trinajstić information content (AvgIpc) is 2.07. The summed E-state index contributed by atoms with van der Waals surface area (Å²) >= 11 is 0. The summed E-state index contributed by atoms with van der Waals surface area (Å²) < 4.78 is 39.1. The minimum atomic E-state index is -4.27. The van der Waals surface area contributed by atoms with E-state index in [9.17, 15) is 18.0 Å². The van der Waals surface area contributed by atoms with Crippen LogP contribution in [-0.2, 0) is 9.53 Å². The Bertz CT molecular complexity index is 185. The van der Waals surface area contributed by atoms with Gasteiger partial charge in [0.25, 0.3) is 0 Å². The predicted octanol–water partition coefficient (Wildman–Crippen LogP) is 0.291. The van der Waals surface area contributed by atoms with Crippen LogP contribution >= 0.6 is 0 Å². The monoisotopic (exact) mass is 228 g/mol. The average molecular weight is 228 g/mol. The third-order valence-corrected chi connectivity index (χ3v) is 1.36. The van der Waals surface area contributed by atoms with Crippen LogP contribution in [0.1, 0.15) is 6.92 Å². The molecule has 4 nitrogen and oxygen atoms in total. The van der Waals surface area contributed by atoms with Gasteiger partial charge >= 0.3 is 6.18 Å². The third kappa shape index (κ3) is 13.2. The van der Waals surface area contributed by atoms with E-state index >= 15 is 0 Å². The van der Waals surface area contributed by atoms with Gasteiger partial charge in [-0.15, -0.1) is 0 Å². The number of alkyl halides is 3. The molecule has 0 rings (SSSR count). The Hall–Kier alpha value is -0.820. The van der Waals surface area contributed by atoms with E-state index in [4.69, 9.17) is 0 Å². The third-order valence-electron chi connectivity index (χ3n) is 1.36. The summed E-state index contributed by atoms with van der Waals surface area (Å²) in [6.45, 7) is 1.46. The second-order valence-electron chi connectivity index (χ2n) is 2.90. The van der Waals surface area contributed by atoms with Gasteiger partial charge in [-0.3, -0.25) is 4.79 Å². The van der Waals surface area contributed by atoms with Crippen molar-refractivity contribution in [2.45, 2.75) is 13.1 Å². The first-order chi connectivity index (χ1) is 6.92. The number of nitrogens with one attached hydrogen (secondary N) is 2. The van der Waals surface area contributed by atoms with E-state index in [-0.39, 0.29) is 12.5 Å². The van der Waals surface area contributed by atoms with Crippen molar-refractivity contribution in [1.82, 2.24) is 10.6 Å². The molecular weight excluding hydrogens is 213 g/mol. The van der Waals surface area contributed by atoms with Gasteiger partial charge in [0.05, 0.1) is 6.61 Å². The second-order valence-corrected chi connectivity index (χ2v) is 2.90. The first-order valence-corrected chi connectivity index (χ1v) is 4.51. The van der Waals surface area contributed by atoms with Crippen LogP contribution in [0.4, 0.5) is 13.2 Å². The quantitative estimate of drug-likeness (QED) is 0.616. The summed E-state index contributed by atoms with van der Waals surface area (Å²) in [5.41, 5.74) is 0. The zero-order valence-electron chi connectivity index (χ0n) is 8.49. The molecule has 0 saturated carbocycles. The molecule has 0 saturated heterocycles. The first kappa shape index (κ1) is 14.2. The van der Waals surface area contributed by atoms with Crippen LogP contribution in [0.2, 0.25) is 0 Å². The fraction of sp³-hybridized carbons (Fsp3) is 0.875. The highest BCUT2D eigenvalue weighted by molar-refractivity contribution is 5.72. The molecule has 2 N–H and O–H groups in total. The van der Waals surface area contributed by atoms with Crippen molar-refractivity contribution in [1.29, 1.82) is 0 Å². The zero-order valence-corrected chi connectivity index (χ0v) is 8.49. The predicted molar refractivity (Wildman–Crippen MR) is 48.4 cm³/mol. The number of hydrogen-bond donors (Lipinski definition) is 2. The van der Waals surface area contributed by atoms with E-state index < -0.39 is 12.8 Å². The summed E-state index contributed by atoms with van der Waals surface area (Å²) in [5, 5.41) is 5.36. The fourth-order valence-electron chi connectivity index (χ4n) is 0.784. The van der Waals surface area contributed by atoms with Crippen molar-refractivity contribution in [2.75, 3.05) is 32.8 Å². The van der Waals surface area contributed by atoms with Crippen LogP contribution in [0.3, 0.4) is 0 Å². The molecule has 90 valence electrons. The molecule has 15 heavy (non-hydrogen) atoms. The number of hydrogen-bond acceptors (Lipinski definition) is 3. The Labute approximate surface area is 86.2 Å². The number of halogens is 3. The van der Waals surface area contributed by atoms with Crippen LogP contribution in [0.5, 0.6) is 0 Å². The van der Waals surface area contributed by atoms with Crippen LogP contribution in [-0.4, -0.2) is 44.9 Å². The van der Waals surface area contributed by atoms with Crippen LogP contribution < -0.4 is 10.6 Å². The van der Waals surface area contributed by atoms with Crippen molar-refractivity contribution in [3.8, 4) is 0 Å². The number of amides is 1. The Morgan fingerprint density at radius 3 is 2.47 bits per heavy atom. The molecule has 0 aliphatic rings. The number of rotatable bonds is 7. The van der Waals surface area contributed by atoms with Gasteiger partial charge in [0.1, 0.15) is 6.61 Å². The minimum absolute atomic E-state index is 0.000415. The second kappa shape index (κ2) is 7.47. The van der Waals surface area contributed by atoms with Crippen LogP contribution in [0.25, 0.3) is 0 Å². The highest BCUT2D eigenvalue weighted by Crippen LogP contribution is 2.13. The van der Waals surface area contributed by atoms with Crippen molar-refractivity contribution >= 4 is 5.91 Å². The molecule has 0 aromatic carbocycles. The van der Waals surface area contributed by atoms with E-state index in [1.165, 1.54) is 6.92 Å². The topological polar surface area (TPSA) is 50.4 Å². The normalized spacial score (nSPS) is 11.5. The highest BCUT2D eigenvalue weighted by Gasteiger charge is 2.27. The minimum Gasteiger partial charge on any atom is -0.371 e. The number of ether oxygens (including phenoxy) is 1. The van der Waals surface area contributed by atoms with E-state index in [1.54, 1.807) is 0 Å². The molecule has 0 heterocycles. The summed E-state index contributed by atoms with van der Waals surface area (Å²) in [5.74, 6) is -0.134. The molecular formula is C8H15F3N2O2. The van der Waals surface area contributed by atoms with Crippen molar-refractivity contribution in [2.24, 2.45) is 0 Å². The van der Waals surface area contributed by atoms with Gasteiger partial charge in [-0.05, 0) is 0 Å². The molecule has 0 radical (unpaired) electrons. The lowest BCUT2D eigenvalue weighted by Gasteiger charge is -2.08. The SMILES string of the molecule is CC(=O)NCCNCCOCC(F)(F)F. The molecule has 0 unspecified atom stereocenters. The molecule has 0 aromatic heterocycles. The molecule has 1 amide bonds. The van der Waals surface area contributed by atoms with Gasteiger partial charge in [0.15, 0.2) is 0 Å². The smallest absolute Gasteiger partial charge is 0.371 e. The number of carbonyl (C=O) groups excluding carboxylic acids is 1. The fourth-order valence-corrected chi connectivity index (χ4v) is 0.784. The largest absolute Gasteiger partial charge is 0.411 e. The zero-order chi connectivity index (χ0) is 11.7. The Morgan fingerprint density at radius 1 is 1.27 bits per heavy atom. The van der Waals surface area contributed by atoms with Crippen LogP contribution in [0.15, 0.2) is 0 Å². The van der Waals surface area contributed by atoms with Gasteiger partial charge in [-0.2, -0.15) is 13.2 Å². The van der Waals surface area contributed by atoms with Crippen molar-refractivity contribution in [3.05, 3.63) is 0 Å². The maximum atomic E-state index is 11.6. The maximum absolute atomic E-state index is 11.6. The lowest BCUT2D eigenvalue weighted by Crippen LogP contribution is -2.32. The van der Waals surface area contributed by atoms with Crippen molar-refractivity contribution in [3.63, 3.8) is 0 Å². The molecule has 0 bridgehead atoms. The van der Waals surface area contributed by atoms with E-state index in [0.717, 1.165) is 0 Å². The van der Waals surface area contributed by atoms with Crippen LogP contribution in [0, 0.1) is 0 Å². The van der Waals surface area contributed by atoms with Gasteiger partial charge in [0.2, 0.25) is 5.91 Å². The van der Waals surface area contributed by atoms with Gasteiger partial charge in [0, 0.05) is 26.6 Å². The van der Waals surface area contributed by atoms with Crippen molar-refractivity contribution < 1.29 is 22.7 Å². The Morgan fingerprint density at radius 2 is 1.93 bits per heavy atom. The van der Waals surface area contributed by atoms with Gasteiger partial charge in [-0.1, -0.05) is 0 Å². The standard InChI is InChI=1S/C8H15F3N2O2/c1-7(14)13-3-2-12-4-5-15-6-8(9,10)11/h12H,2-6H2,1H3,(H,13,14). The van der Waals surface area contributed by atoms with Gasteiger partial charge < -0.3 is 15.4 Å². The molecule has 0 fully saturated rings. The van der Waals surface area contributed by atoms with E-state index in [1.807, 2.05) is 0 Å². The molecule has 0 aromatic rings. The molecule has 0 aliphatic carbocycles. The summed E-state index contributed by atoms with van der Waals surface area (Å²) in [4.78, 5) is 10.4. The Kier molecular flexibility index (Phi) is 7.06. The Balaban J connectivity index is 3.09. The molecule has 7 heteroatoms. The maximum Gasteiger partial charge on any atom is 0.411 e. The lowest BCUT2D eigenvalue weighted by molar-refractivity contribution is -0.173. The summed E-state index contributed by atoms with van der Waals surface area (Å²) in [6, 6.07) is 0. The molecule has 0 aliphatic heterocycles. The van der Waals surface area contributed by atoms with Gasteiger partial charge in [-0.25, -0.2) is 0 Å². The lowest BCUT2D eigenvalue weighted by atomic mass is 10.5. The molecule has 0 atom stereocenters. The highest BCUT2D eigenvalue weighted by atomic mass is 19.4. The molecule has 0 spiro atoms. The first-order valence-electron chi connectivity index (χ1n) is 4.51.